The number of allylic oxidation sites excluding steroid dienone is 1. The van der Waals surface area contributed by atoms with Crippen LogP contribution >= 0.6 is 0 Å². The highest BCUT2D eigenvalue weighted by Gasteiger charge is 2.50. The van der Waals surface area contributed by atoms with Crippen LogP contribution in [0.15, 0.2) is 34.2 Å². The number of hydrogen-bond acceptors (Lipinski definition) is 4. The fourth-order valence-corrected chi connectivity index (χ4v) is 7.11. The van der Waals surface area contributed by atoms with Crippen LogP contribution in [0.5, 0.6) is 0 Å². The smallest absolute Gasteiger partial charge is 0.397 e. The van der Waals surface area contributed by atoms with Gasteiger partial charge in [0, 0.05) is 0 Å². The van der Waals surface area contributed by atoms with Crippen molar-refractivity contribution in [3.8, 4) is 0 Å². The fraction of sp³-hybridized carbons (Fsp3) is 0.760. The van der Waals surface area contributed by atoms with Crippen molar-refractivity contribution in [2.75, 3.05) is 0 Å². The predicted octanol–water partition coefficient (Wildman–Crippen LogP) is 6.76. The molecule has 0 saturated heterocycles. The molecular weight excluding hydrogens is 412 g/mol. The van der Waals surface area contributed by atoms with E-state index in [1.807, 2.05) is 13.0 Å². The van der Waals surface area contributed by atoms with Gasteiger partial charge in [0.1, 0.15) is 0 Å². The molecule has 1 aromatic rings. The first-order valence-corrected chi connectivity index (χ1v) is 13.1. The molecule has 4 atom stereocenters. The van der Waals surface area contributed by atoms with Gasteiger partial charge in [-0.15, -0.1) is 0 Å². The molecule has 6 heteroatoms. The van der Waals surface area contributed by atoms with Crippen LogP contribution in [0.2, 0.25) is 0 Å². The Bertz CT molecular complexity index is 868. The Morgan fingerprint density at radius 1 is 1.29 bits per heavy atom. The molecule has 3 rings (SSSR count). The molecule has 176 valence electrons. The standard InChI is InChI=1S/C25H40O5S/c1-18-10-11-23-24(3,4)13-7-14-25(23,5)21(18)16-22(30-31(26,27)28)19(2)8-6-9-20-12-15-29-17-20/h12,15,17,19,22-23H,6-11,13-14,16H2,1-5H3,(H,26,27,28). The van der Waals surface area contributed by atoms with Crippen molar-refractivity contribution >= 4 is 10.4 Å². The van der Waals surface area contributed by atoms with Crippen LogP contribution in [-0.4, -0.2) is 19.1 Å². The van der Waals surface area contributed by atoms with Crippen molar-refractivity contribution in [3.05, 3.63) is 35.3 Å². The highest BCUT2D eigenvalue weighted by Crippen LogP contribution is 2.60. The van der Waals surface area contributed by atoms with Crippen LogP contribution < -0.4 is 0 Å². The van der Waals surface area contributed by atoms with Gasteiger partial charge in [-0.2, -0.15) is 8.42 Å². The summed E-state index contributed by atoms with van der Waals surface area (Å²) in [6.07, 6.45) is 11.9. The lowest BCUT2D eigenvalue weighted by molar-refractivity contribution is 0.00425. The summed E-state index contributed by atoms with van der Waals surface area (Å²) < 4.78 is 43.3. The van der Waals surface area contributed by atoms with Gasteiger partial charge in [-0.3, -0.25) is 4.55 Å². The third-order valence-corrected chi connectivity index (χ3v) is 8.72. The number of rotatable bonds is 9. The molecular formula is C25H40O5S. The maximum Gasteiger partial charge on any atom is 0.397 e. The van der Waals surface area contributed by atoms with E-state index in [1.54, 1.807) is 12.5 Å². The van der Waals surface area contributed by atoms with Gasteiger partial charge in [-0.1, -0.05) is 45.3 Å². The van der Waals surface area contributed by atoms with Crippen LogP contribution in [0, 0.1) is 22.7 Å². The van der Waals surface area contributed by atoms with Gasteiger partial charge >= 0.3 is 10.4 Å². The van der Waals surface area contributed by atoms with Crippen LogP contribution in [-0.2, 0) is 21.0 Å². The highest BCUT2D eigenvalue weighted by molar-refractivity contribution is 7.80. The van der Waals surface area contributed by atoms with E-state index in [1.165, 1.54) is 30.4 Å². The predicted molar refractivity (Wildman–Crippen MR) is 123 cm³/mol. The molecule has 0 aromatic carbocycles. The molecule has 1 heterocycles. The molecule has 0 radical (unpaired) electrons. The van der Waals surface area contributed by atoms with Gasteiger partial charge in [-0.05, 0) is 92.6 Å². The van der Waals surface area contributed by atoms with Crippen LogP contribution in [0.1, 0.15) is 91.5 Å². The zero-order valence-electron chi connectivity index (χ0n) is 19.8. The molecule has 0 aliphatic heterocycles. The molecule has 4 unspecified atom stereocenters. The maximum atomic E-state index is 11.7. The Balaban J connectivity index is 1.78. The minimum atomic E-state index is -4.51. The summed E-state index contributed by atoms with van der Waals surface area (Å²) in [5.74, 6) is 0.602. The zero-order valence-corrected chi connectivity index (χ0v) is 20.6. The topological polar surface area (TPSA) is 76.7 Å². The SMILES string of the molecule is CC1=C(CC(OS(=O)(=O)O)C(C)CCCc2ccoc2)C2(C)CCCC(C)(C)C2CC1. The molecule has 2 aliphatic carbocycles. The van der Waals surface area contributed by atoms with E-state index in [-0.39, 0.29) is 16.7 Å². The van der Waals surface area contributed by atoms with Gasteiger partial charge in [-0.25, -0.2) is 4.18 Å². The first kappa shape index (κ1) is 24.5. The third kappa shape index (κ3) is 5.82. The second-order valence-electron chi connectivity index (χ2n) is 10.9. The molecule has 31 heavy (non-hydrogen) atoms. The molecule has 5 nitrogen and oxygen atoms in total. The minimum Gasteiger partial charge on any atom is -0.472 e. The van der Waals surface area contributed by atoms with Crippen molar-refractivity contribution in [2.45, 2.75) is 98.5 Å². The van der Waals surface area contributed by atoms with E-state index in [9.17, 15) is 13.0 Å². The van der Waals surface area contributed by atoms with Crippen molar-refractivity contribution in [1.29, 1.82) is 0 Å². The largest absolute Gasteiger partial charge is 0.472 e. The van der Waals surface area contributed by atoms with Crippen LogP contribution in [0.4, 0.5) is 0 Å². The molecule has 1 aromatic heterocycles. The molecule has 0 amide bonds. The Labute approximate surface area is 188 Å². The lowest BCUT2D eigenvalue weighted by atomic mass is 9.49. The van der Waals surface area contributed by atoms with Crippen LogP contribution in [0.25, 0.3) is 0 Å². The van der Waals surface area contributed by atoms with E-state index >= 15 is 0 Å². The van der Waals surface area contributed by atoms with E-state index in [0.29, 0.717) is 12.3 Å². The van der Waals surface area contributed by atoms with E-state index in [4.69, 9.17) is 8.60 Å². The summed E-state index contributed by atoms with van der Waals surface area (Å²) in [6, 6.07) is 1.96. The molecule has 1 N–H and O–H groups in total. The Kier molecular flexibility index (Phi) is 7.44. The summed E-state index contributed by atoms with van der Waals surface area (Å²) in [6.45, 7) is 11.4. The number of fused-ring (bicyclic) bond motifs is 1. The Morgan fingerprint density at radius 2 is 2.03 bits per heavy atom. The van der Waals surface area contributed by atoms with E-state index < -0.39 is 16.5 Å². The van der Waals surface area contributed by atoms with Crippen molar-refractivity contribution in [2.24, 2.45) is 22.7 Å². The monoisotopic (exact) mass is 452 g/mol. The normalized spacial score (nSPS) is 28.3. The Hall–Kier alpha value is -1.11. The number of furan rings is 1. The average molecular weight is 453 g/mol. The van der Waals surface area contributed by atoms with Gasteiger partial charge in [0.2, 0.25) is 0 Å². The summed E-state index contributed by atoms with van der Waals surface area (Å²) in [5, 5.41) is 0. The number of hydrogen-bond donors (Lipinski definition) is 1. The van der Waals surface area contributed by atoms with Gasteiger partial charge in [0.05, 0.1) is 18.6 Å². The molecule has 1 fully saturated rings. The second-order valence-corrected chi connectivity index (χ2v) is 11.9. The summed E-state index contributed by atoms with van der Waals surface area (Å²) in [7, 11) is -4.51. The fourth-order valence-electron chi connectivity index (χ4n) is 6.54. The van der Waals surface area contributed by atoms with Crippen molar-refractivity contribution in [1.82, 2.24) is 0 Å². The first-order chi connectivity index (χ1) is 14.4. The first-order valence-electron chi connectivity index (χ1n) is 11.8. The molecule has 0 spiro atoms. The number of aryl methyl sites for hydroxylation is 1. The van der Waals surface area contributed by atoms with E-state index in [0.717, 1.165) is 37.7 Å². The van der Waals surface area contributed by atoms with Gasteiger partial charge in [0.15, 0.2) is 0 Å². The minimum absolute atomic E-state index is 0.00898. The third-order valence-electron chi connectivity index (χ3n) is 8.23. The van der Waals surface area contributed by atoms with Crippen LogP contribution in [0.3, 0.4) is 0 Å². The summed E-state index contributed by atoms with van der Waals surface area (Å²) in [4.78, 5) is 0. The quantitative estimate of drug-likeness (QED) is 0.331. The molecule has 1 saturated carbocycles. The molecule has 0 bridgehead atoms. The maximum absolute atomic E-state index is 11.7. The summed E-state index contributed by atoms with van der Waals surface area (Å²) in [5.41, 5.74) is 4.25. The lowest BCUT2D eigenvalue weighted by Gasteiger charge is -2.55. The lowest BCUT2D eigenvalue weighted by Crippen LogP contribution is -2.46. The second kappa shape index (κ2) is 9.40. The van der Waals surface area contributed by atoms with Crippen molar-refractivity contribution in [3.63, 3.8) is 0 Å². The van der Waals surface area contributed by atoms with Gasteiger partial charge < -0.3 is 4.42 Å². The van der Waals surface area contributed by atoms with E-state index in [2.05, 4.69) is 27.7 Å². The highest BCUT2D eigenvalue weighted by atomic mass is 32.3. The van der Waals surface area contributed by atoms with Gasteiger partial charge in [0.25, 0.3) is 0 Å². The molecule has 2 aliphatic rings. The van der Waals surface area contributed by atoms with Crippen molar-refractivity contribution < 1.29 is 21.6 Å². The summed E-state index contributed by atoms with van der Waals surface area (Å²) >= 11 is 0. The zero-order chi connectivity index (χ0) is 22.9. The Morgan fingerprint density at radius 3 is 2.68 bits per heavy atom. The average Bonchev–Trinajstić information content (AvgIpc) is 3.15.